The third-order valence-electron chi connectivity index (χ3n) is 8.16. The first kappa shape index (κ1) is 34.2. The van der Waals surface area contributed by atoms with Crippen molar-refractivity contribution in [2.24, 2.45) is 34.6 Å². The quantitative estimate of drug-likeness (QED) is 0.0569. The van der Waals surface area contributed by atoms with Gasteiger partial charge in [-0.05, 0) is 38.8 Å². The van der Waals surface area contributed by atoms with Gasteiger partial charge in [0.25, 0.3) is 0 Å². The van der Waals surface area contributed by atoms with Gasteiger partial charge in [0.2, 0.25) is 0 Å². The second-order valence-electron chi connectivity index (χ2n) is 11.1. The fourth-order valence-corrected chi connectivity index (χ4v) is 5.84. The summed E-state index contributed by atoms with van der Waals surface area (Å²) in [6.07, 6.45) is -6.76. The molecule has 2 aliphatic heterocycles. The Morgan fingerprint density at radius 3 is 2.39 bits per heavy atom. The van der Waals surface area contributed by atoms with Crippen LogP contribution in [0, 0.1) is 5.92 Å². The largest absolute Gasteiger partial charge is 0.394 e. The van der Waals surface area contributed by atoms with Crippen LogP contribution in [0.15, 0.2) is 0 Å². The third-order valence-corrected chi connectivity index (χ3v) is 8.16. The number of nitrogens with two attached hydrogens (primary N) is 5. The second kappa shape index (κ2) is 16.0. The summed E-state index contributed by atoms with van der Waals surface area (Å²) in [7, 11) is 0. The van der Waals surface area contributed by atoms with Crippen LogP contribution in [-0.2, 0) is 14.2 Å². The number of urea groups is 1. The Hall–Kier alpha value is -1.29. The van der Waals surface area contributed by atoms with E-state index in [4.69, 9.17) is 42.9 Å². The molecule has 1 saturated carbocycles. The number of nitrogens with one attached hydrogen (secondary N) is 2. The summed E-state index contributed by atoms with van der Waals surface area (Å²) in [5.41, 5.74) is 29.9. The molecule has 13 atom stereocenters. The molecule has 2 amide bonds. The molecule has 17 N–H and O–H groups in total. The number of aliphatic hydroxyl groups excluding tert-OH is 4. The number of aliphatic hydroxyl groups is 4. The highest BCUT2D eigenvalue weighted by atomic mass is 16.7. The average molecular weight is 595 g/mol. The number of rotatable bonds is 12. The van der Waals surface area contributed by atoms with Gasteiger partial charge < -0.3 is 73.9 Å². The summed E-state index contributed by atoms with van der Waals surface area (Å²) in [6, 6.07) is -4.23. The van der Waals surface area contributed by atoms with Crippen molar-refractivity contribution in [2.45, 2.75) is 98.9 Å². The predicted molar refractivity (Wildman–Crippen MR) is 145 cm³/mol. The Morgan fingerprint density at radius 1 is 1.00 bits per heavy atom. The lowest BCUT2D eigenvalue weighted by Gasteiger charge is -2.51. The van der Waals surface area contributed by atoms with Crippen LogP contribution in [0.2, 0.25) is 0 Å². The van der Waals surface area contributed by atoms with Crippen molar-refractivity contribution in [3.05, 3.63) is 0 Å². The van der Waals surface area contributed by atoms with Crippen molar-refractivity contribution in [2.75, 3.05) is 39.3 Å². The van der Waals surface area contributed by atoms with Gasteiger partial charge in [0, 0.05) is 31.1 Å². The minimum absolute atomic E-state index is 0.00273. The van der Waals surface area contributed by atoms with E-state index in [-0.39, 0.29) is 25.6 Å². The van der Waals surface area contributed by atoms with Gasteiger partial charge in [-0.3, -0.25) is 5.21 Å². The average Bonchev–Trinajstić information content (AvgIpc) is 2.94. The normalized spacial score (nSPS) is 41.7. The maximum absolute atomic E-state index is 12.6. The monoisotopic (exact) mass is 594 g/mol. The molecule has 41 heavy (non-hydrogen) atoms. The molecule has 3 rings (SSSR count). The number of hydrogen-bond acceptors (Lipinski definition) is 15. The molecule has 3 aliphatic rings. The molecule has 0 aromatic heterocycles. The first-order chi connectivity index (χ1) is 19.5. The molecule has 2 heterocycles. The van der Waals surface area contributed by atoms with Crippen molar-refractivity contribution < 1.29 is 44.6 Å². The van der Waals surface area contributed by atoms with E-state index in [1.807, 2.05) is 0 Å². The van der Waals surface area contributed by atoms with Crippen LogP contribution >= 0.6 is 0 Å². The molecule has 2 saturated heterocycles. The van der Waals surface area contributed by atoms with Gasteiger partial charge in [-0.2, -0.15) is 0 Å². The van der Waals surface area contributed by atoms with Gasteiger partial charge in [0.15, 0.2) is 6.29 Å². The van der Waals surface area contributed by atoms with Crippen LogP contribution in [0.5, 0.6) is 0 Å². The lowest BCUT2D eigenvalue weighted by atomic mass is 9.72. The van der Waals surface area contributed by atoms with Gasteiger partial charge in [-0.1, -0.05) is 0 Å². The lowest BCUT2D eigenvalue weighted by Crippen LogP contribution is -2.69. The molecule has 1 aliphatic carbocycles. The number of carbonyl (C=O) groups is 1. The Kier molecular flexibility index (Phi) is 13.3. The molecule has 0 aromatic rings. The third kappa shape index (κ3) is 8.42. The van der Waals surface area contributed by atoms with Crippen LogP contribution < -0.4 is 39.3 Å². The van der Waals surface area contributed by atoms with E-state index in [9.17, 15) is 30.4 Å². The molecule has 0 aromatic carbocycles. The van der Waals surface area contributed by atoms with Gasteiger partial charge in [0.1, 0.15) is 24.4 Å². The summed E-state index contributed by atoms with van der Waals surface area (Å²) in [4.78, 5) is 12.6. The summed E-state index contributed by atoms with van der Waals surface area (Å²) < 4.78 is 18.0. The zero-order valence-electron chi connectivity index (χ0n) is 23.3. The summed E-state index contributed by atoms with van der Waals surface area (Å²) in [5.74, 6) is -0.738. The van der Waals surface area contributed by atoms with Crippen LogP contribution in [0.1, 0.15) is 25.7 Å². The van der Waals surface area contributed by atoms with E-state index < -0.39 is 85.6 Å². The number of carbonyl (C=O) groups excluding carboxylic acids is 1. The second-order valence-corrected chi connectivity index (χ2v) is 11.1. The lowest BCUT2D eigenvalue weighted by molar-refractivity contribution is -0.306. The number of hydroxylamine groups is 2. The van der Waals surface area contributed by atoms with Crippen molar-refractivity contribution in [3.63, 3.8) is 0 Å². The van der Waals surface area contributed by atoms with Crippen LogP contribution in [0.4, 0.5) is 4.79 Å². The summed E-state index contributed by atoms with van der Waals surface area (Å²) in [6.45, 7) is 1.11. The topological polar surface area (TPSA) is 303 Å². The smallest absolute Gasteiger partial charge is 0.341 e. The molecule has 3 fully saturated rings. The number of nitrogens with zero attached hydrogens (tertiary/aromatic N) is 1. The minimum Gasteiger partial charge on any atom is -0.394 e. The van der Waals surface area contributed by atoms with Gasteiger partial charge >= 0.3 is 6.03 Å². The van der Waals surface area contributed by atoms with E-state index in [2.05, 4.69) is 10.6 Å². The Labute approximate surface area is 239 Å². The predicted octanol–water partition coefficient (Wildman–Crippen LogP) is -5.61. The van der Waals surface area contributed by atoms with E-state index in [0.717, 1.165) is 13.0 Å². The molecule has 0 bridgehead atoms. The molecule has 17 nitrogen and oxygen atoms in total. The minimum atomic E-state index is -1.53. The molecule has 0 spiro atoms. The van der Waals surface area contributed by atoms with Crippen LogP contribution in [0.25, 0.3) is 0 Å². The van der Waals surface area contributed by atoms with E-state index >= 15 is 0 Å². The first-order valence-electron chi connectivity index (χ1n) is 14.3. The van der Waals surface area contributed by atoms with Crippen molar-refractivity contribution in [3.8, 4) is 0 Å². The molecule has 17 heteroatoms. The Bertz CT molecular complexity index is 804. The highest BCUT2D eigenvalue weighted by Crippen LogP contribution is 2.36. The highest BCUT2D eigenvalue weighted by molar-refractivity contribution is 5.73. The van der Waals surface area contributed by atoms with Gasteiger partial charge in [0.05, 0.1) is 43.5 Å². The number of amides is 2. The first-order valence-corrected chi connectivity index (χ1v) is 14.3. The zero-order valence-corrected chi connectivity index (χ0v) is 23.3. The van der Waals surface area contributed by atoms with E-state index in [1.165, 1.54) is 0 Å². The highest BCUT2D eigenvalue weighted by Gasteiger charge is 2.53. The van der Waals surface area contributed by atoms with Crippen molar-refractivity contribution in [1.82, 2.24) is 15.7 Å². The fourth-order valence-electron chi connectivity index (χ4n) is 5.84. The van der Waals surface area contributed by atoms with Crippen molar-refractivity contribution in [1.29, 1.82) is 0 Å². The molecule has 0 radical (unpaired) electrons. The maximum atomic E-state index is 12.6. The maximum Gasteiger partial charge on any atom is 0.341 e. The zero-order chi connectivity index (χ0) is 30.3. The number of hydrogen-bond donors (Lipinski definition) is 12. The standard InChI is InChI=1S/C24H50N8O9/c25-4-1-6-30-9-11-2-3-12(27)21(39-11)16-13(28)8-14(31-24(37)32(38)7-5-26)22(19(16)35)41-23-20(36)17(29)18(34)15(10-33)40-23/h11-23,30,33-36,38H,1-10,25-29H2,(H,31,37). The Balaban J connectivity index is 1.83. The summed E-state index contributed by atoms with van der Waals surface area (Å²) in [5, 5.41) is 58.6. The molecular formula is C24H50N8O9. The van der Waals surface area contributed by atoms with E-state index in [1.54, 1.807) is 0 Å². The fraction of sp³-hybridized carbons (Fsp3) is 0.958. The summed E-state index contributed by atoms with van der Waals surface area (Å²) >= 11 is 0. The number of ether oxygens (including phenoxy) is 3. The van der Waals surface area contributed by atoms with E-state index in [0.29, 0.717) is 31.0 Å². The molecule has 240 valence electrons. The molecule has 13 unspecified atom stereocenters. The SMILES string of the molecule is NCCCNCC1CCC(N)C(C2C(N)CC(NC(=O)N(O)CCN)C(OC3OC(CO)C(O)C(N)C3O)C2O)O1. The van der Waals surface area contributed by atoms with Crippen LogP contribution in [-0.4, -0.2) is 149 Å². The van der Waals surface area contributed by atoms with Crippen molar-refractivity contribution >= 4 is 6.03 Å². The Morgan fingerprint density at radius 2 is 1.73 bits per heavy atom. The van der Waals surface area contributed by atoms with Gasteiger partial charge in [-0.15, -0.1) is 0 Å². The van der Waals surface area contributed by atoms with Crippen LogP contribution in [0.3, 0.4) is 0 Å². The molecular weight excluding hydrogens is 544 g/mol. The van der Waals surface area contributed by atoms with Gasteiger partial charge in [-0.25, -0.2) is 9.86 Å².